The van der Waals surface area contributed by atoms with Gasteiger partial charge in [0, 0.05) is 23.8 Å². The summed E-state index contributed by atoms with van der Waals surface area (Å²) in [6, 6.07) is 3.58. The van der Waals surface area contributed by atoms with Crippen LogP contribution in [0.4, 0.5) is 5.82 Å². The molecular weight excluding hydrogens is 364 g/mol. The van der Waals surface area contributed by atoms with Crippen molar-refractivity contribution in [2.75, 3.05) is 18.2 Å². The Morgan fingerprint density at radius 2 is 2.07 bits per heavy atom. The Bertz CT molecular complexity index is 924. The van der Waals surface area contributed by atoms with Gasteiger partial charge in [-0.15, -0.1) is 0 Å². The number of H-pyrrole nitrogens is 1. The Kier molecular flexibility index (Phi) is 5.95. The highest BCUT2D eigenvalue weighted by atomic mass is 32.2. The third-order valence-electron chi connectivity index (χ3n) is 4.40. The molecule has 0 fully saturated rings. The third kappa shape index (κ3) is 3.90. The highest BCUT2D eigenvalue weighted by Crippen LogP contribution is 2.39. The van der Waals surface area contributed by atoms with E-state index in [0.717, 1.165) is 24.2 Å². The molecule has 2 aromatic heterocycles. The number of unbranched alkanes of at least 4 members (excludes halogenated alkanes) is 1. The number of pyridine rings is 1. The second kappa shape index (κ2) is 8.39. The number of carbonyl (C=O) groups is 1. The topological polar surface area (TPSA) is 97.0 Å². The molecular formula is C19H22N4O3S. The average Bonchev–Trinajstić information content (AvgIpc) is 2.67. The van der Waals surface area contributed by atoms with Crippen molar-refractivity contribution in [2.24, 2.45) is 0 Å². The number of esters is 1. The van der Waals surface area contributed by atoms with Gasteiger partial charge in [0.25, 0.3) is 5.56 Å². The van der Waals surface area contributed by atoms with E-state index in [-0.39, 0.29) is 5.56 Å². The van der Waals surface area contributed by atoms with Crippen molar-refractivity contribution in [3.63, 3.8) is 0 Å². The van der Waals surface area contributed by atoms with Gasteiger partial charge in [0.2, 0.25) is 0 Å². The number of carbonyl (C=O) groups excluding carboxylic acids is 1. The summed E-state index contributed by atoms with van der Waals surface area (Å²) in [5.41, 5.74) is 1.95. The number of ether oxygens (including phenoxy) is 1. The Balaban J connectivity index is 2.12. The Morgan fingerprint density at radius 3 is 2.74 bits per heavy atom. The van der Waals surface area contributed by atoms with E-state index in [1.54, 1.807) is 31.5 Å². The minimum absolute atomic E-state index is 0.262. The van der Waals surface area contributed by atoms with Crippen LogP contribution in [0.2, 0.25) is 0 Å². The van der Waals surface area contributed by atoms with E-state index in [4.69, 9.17) is 4.74 Å². The summed E-state index contributed by atoms with van der Waals surface area (Å²) in [6.45, 7) is 3.91. The van der Waals surface area contributed by atoms with Crippen molar-refractivity contribution in [1.29, 1.82) is 0 Å². The molecule has 0 aromatic carbocycles. The lowest BCUT2D eigenvalue weighted by Gasteiger charge is -2.28. The van der Waals surface area contributed by atoms with Gasteiger partial charge >= 0.3 is 5.97 Å². The molecule has 3 rings (SSSR count). The van der Waals surface area contributed by atoms with E-state index in [9.17, 15) is 9.59 Å². The van der Waals surface area contributed by atoms with Gasteiger partial charge in [-0.3, -0.25) is 9.78 Å². The van der Waals surface area contributed by atoms with Crippen LogP contribution in [0.1, 0.15) is 43.7 Å². The molecule has 142 valence electrons. The van der Waals surface area contributed by atoms with Gasteiger partial charge in [-0.25, -0.2) is 9.78 Å². The monoisotopic (exact) mass is 386 g/mol. The molecule has 0 bridgehead atoms. The molecule has 1 atom stereocenters. The van der Waals surface area contributed by atoms with Crippen LogP contribution >= 0.6 is 11.8 Å². The van der Waals surface area contributed by atoms with Gasteiger partial charge in [0.05, 0.1) is 24.2 Å². The maximum atomic E-state index is 12.9. The zero-order chi connectivity index (χ0) is 19.4. The lowest BCUT2D eigenvalue weighted by molar-refractivity contribution is -0.136. The lowest BCUT2D eigenvalue weighted by Crippen LogP contribution is -2.31. The average molecular weight is 386 g/mol. The van der Waals surface area contributed by atoms with Crippen molar-refractivity contribution in [3.8, 4) is 0 Å². The molecule has 8 heteroatoms. The number of allylic oxidation sites excluding steroid dienone is 1. The van der Waals surface area contributed by atoms with Crippen molar-refractivity contribution in [2.45, 2.75) is 37.8 Å². The number of methoxy groups -OCH3 is 1. The summed E-state index contributed by atoms with van der Waals surface area (Å²) in [7, 11) is 1.33. The second-order valence-electron chi connectivity index (χ2n) is 6.20. The van der Waals surface area contributed by atoms with E-state index in [0.29, 0.717) is 27.8 Å². The molecule has 2 N–H and O–H groups in total. The molecule has 2 aromatic rings. The molecule has 0 radical (unpaired) electrons. The predicted molar refractivity (Wildman–Crippen MR) is 105 cm³/mol. The fourth-order valence-corrected chi connectivity index (χ4v) is 4.03. The molecule has 0 aliphatic carbocycles. The molecule has 0 amide bonds. The van der Waals surface area contributed by atoms with E-state index in [1.165, 1.54) is 18.9 Å². The first-order chi connectivity index (χ1) is 13.1. The van der Waals surface area contributed by atoms with Crippen LogP contribution in [0.15, 0.2) is 45.7 Å². The van der Waals surface area contributed by atoms with Crippen LogP contribution in [0, 0.1) is 0 Å². The van der Waals surface area contributed by atoms with Crippen LogP contribution in [0.25, 0.3) is 0 Å². The zero-order valence-corrected chi connectivity index (χ0v) is 16.4. The number of hydrogen-bond acceptors (Lipinski definition) is 7. The van der Waals surface area contributed by atoms with Gasteiger partial charge in [-0.05, 0) is 31.0 Å². The molecule has 0 unspecified atom stereocenters. The molecule has 0 spiro atoms. The summed E-state index contributed by atoms with van der Waals surface area (Å²) in [5.74, 6) is 0.314. The Morgan fingerprint density at radius 1 is 1.33 bits per heavy atom. The summed E-state index contributed by atoms with van der Waals surface area (Å²) in [6.07, 6.45) is 5.40. The first kappa shape index (κ1) is 19.2. The van der Waals surface area contributed by atoms with Crippen molar-refractivity contribution >= 4 is 23.5 Å². The van der Waals surface area contributed by atoms with E-state index >= 15 is 0 Å². The summed E-state index contributed by atoms with van der Waals surface area (Å²) >= 11 is 1.52. The Labute approximate surface area is 161 Å². The van der Waals surface area contributed by atoms with Crippen LogP contribution in [0.5, 0.6) is 0 Å². The standard InChI is InChI=1S/C19H22N4O3S/c1-4-5-10-27-19-22-16-15(17(24)23-19)14(12-6-8-20-9-7-12)13(11(2)21-16)18(25)26-3/h6-9,14H,4-5,10H2,1-3H3,(H2,21,22,23,24)/t14-/m1/s1. The maximum Gasteiger partial charge on any atom is 0.336 e. The molecule has 27 heavy (non-hydrogen) atoms. The summed E-state index contributed by atoms with van der Waals surface area (Å²) in [5, 5.41) is 3.69. The van der Waals surface area contributed by atoms with Crippen molar-refractivity contribution < 1.29 is 9.53 Å². The quantitative estimate of drug-likeness (QED) is 0.341. The molecule has 1 aliphatic heterocycles. The lowest BCUT2D eigenvalue weighted by atomic mass is 9.83. The first-order valence-corrected chi connectivity index (χ1v) is 9.78. The zero-order valence-electron chi connectivity index (χ0n) is 15.5. The largest absolute Gasteiger partial charge is 0.466 e. The van der Waals surface area contributed by atoms with E-state index in [2.05, 4.69) is 27.2 Å². The van der Waals surface area contributed by atoms with Gasteiger partial charge < -0.3 is 15.0 Å². The van der Waals surface area contributed by atoms with Crippen molar-refractivity contribution in [1.82, 2.24) is 15.0 Å². The molecule has 1 aliphatic rings. The number of anilines is 1. The van der Waals surface area contributed by atoms with Gasteiger partial charge in [0.15, 0.2) is 5.16 Å². The molecule has 3 heterocycles. The minimum atomic E-state index is -0.567. The fourth-order valence-electron chi connectivity index (χ4n) is 3.08. The van der Waals surface area contributed by atoms with E-state index in [1.807, 2.05) is 0 Å². The summed E-state index contributed by atoms with van der Waals surface area (Å²) in [4.78, 5) is 36.8. The SMILES string of the molecule is CCCCSc1nc2c(c(=O)[nH]1)[C@H](c1ccncc1)C(C(=O)OC)=C(C)N2. The van der Waals surface area contributed by atoms with Gasteiger partial charge in [0.1, 0.15) is 5.82 Å². The number of aromatic amines is 1. The minimum Gasteiger partial charge on any atom is -0.466 e. The third-order valence-corrected chi connectivity index (χ3v) is 5.36. The number of rotatable bonds is 6. The number of thioether (sulfide) groups is 1. The first-order valence-electron chi connectivity index (χ1n) is 8.79. The molecule has 0 saturated heterocycles. The second-order valence-corrected chi connectivity index (χ2v) is 7.29. The molecule has 0 saturated carbocycles. The normalized spacial score (nSPS) is 15.9. The number of nitrogens with zero attached hydrogens (tertiary/aromatic N) is 2. The summed E-state index contributed by atoms with van der Waals surface area (Å²) < 4.78 is 4.97. The van der Waals surface area contributed by atoms with Crippen LogP contribution in [-0.4, -0.2) is 33.8 Å². The maximum absolute atomic E-state index is 12.9. The molecule has 7 nitrogen and oxygen atoms in total. The predicted octanol–water partition coefficient (Wildman–Crippen LogP) is 3.06. The number of aromatic nitrogens is 3. The highest BCUT2D eigenvalue weighted by Gasteiger charge is 2.36. The van der Waals surface area contributed by atoms with Crippen LogP contribution in [-0.2, 0) is 9.53 Å². The smallest absolute Gasteiger partial charge is 0.336 e. The Hall–Kier alpha value is -2.61. The van der Waals surface area contributed by atoms with Crippen LogP contribution < -0.4 is 10.9 Å². The van der Waals surface area contributed by atoms with Crippen molar-refractivity contribution in [3.05, 3.63) is 57.3 Å². The number of hydrogen-bond donors (Lipinski definition) is 2. The highest BCUT2D eigenvalue weighted by molar-refractivity contribution is 7.99. The fraction of sp³-hybridized carbons (Fsp3) is 0.368. The number of fused-ring (bicyclic) bond motifs is 1. The van der Waals surface area contributed by atoms with Crippen LogP contribution in [0.3, 0.4) is 0 Å². The van der Waals surface area contributed by atoms with Gasteiger partial charge in [-0.1, -0.05) is 25.1 Å². The number of nitrogens with one attached hydrogen (secondary N) is 2. The van der Waals surface area contributed by atoms with E-state index < -0.39 is 11.9 Å². The van der Waals surface area contributed by atoms with Gasteiger partial charge in [-0.2, -0.15) is 0 Å².